The number of thiocarbonyl (C=S) groups is 1. The minimum Gasteiger partial charge on any atom is -0.389 e. The van der Waals surface area contributed by atoms with Crippen LogP contribution in [0, 0.1) is 20.8 Å². The zero-order valence-corrected chi connectivity index (χ0v) is 13.8. The second-order valence-electron chi connectivity index (χ2n) is 4.94. The van der Waals surface area contributed by atoms with Crippen molar-refractivity contribution in [3.05, 3.63) is 44.9 Å². The minimum atomic E-state index is 0.233. The van der Waals surface area contributed by atoms with Gasteiger partial charge >= 0.3 is 0 Å². The SMILES string of the molecule is Cc1nc(C)c(C(C)Nc2ccc(C(N)=S)c(C)c2)s1. The summed E-state index contributed by atoms with van der Waals surface area (Å²) in [5.74, 6) is 0. The smallest absolute Gasteiger partial charge is 0.104 e. The number of anilines is 1. The van der Waals surface area contributed by atoms with E-state index >= 15 is 0 Å². The monoisotopic (exact) mass is 305 g/mol. The van der Waals surface area contributed by atoms with Gasteiger partial charge < -0.3 is 11.1 Å². The molecule has 3 N–H and O–H groups in total. The number of nitrogens with zero attached hydrogens (tertiary/aromatic N) is 1. The topological polar surface area (TPSA) is 50.9 Å². The summed E-state index contributed by atoms with van der Waals surface area (Å²) in [6, 6.07) is 6.30. The lowest BCUT2D eigenvalue weighted by atomic mass is 10.1. The molecule has 20 heavy (non-hydrogen) atoms. The Bertz CT molecular complexity index is 647. The molecule has 0 fully saturated rings. The fourth-order valence-electron chi connectivity index (χ4n) is 2.29. The van der Waals surface area contributed by atoms with Crippen LogP contribution >= 0.6 is 23.6 Å². The molecule has 0 aliphatic rings. The Morgan fingerprint density at radius 3 is 2.55 bits per heavy atom. The molecule has 0 aliphatic heterocycles. The maximum absolute atomic E-state index is 5.68. The Hall–Kier alpha value is -1.46. The molecule has 5 heteroatoms. The first-order valence-corrected chi connectivity index (χ1v) is 7.72. The molecule has 0 radical (unpaired) electrons. The number of nitrogens with one attached hydrogen (secondary N) is 1. The number of benzene rings is 1. The van der Waals surface area contributed by atoms with Crippen LogP contribution in [0.2, 0.25) is 0 Å². The highest BCUT2D eigenvalue weighted by molar-refractivity contribution is 7.80. The molecule has 0 saturated carbocycles. The maximum atomic E-state index is 5.68. The van der Waals surface area contributed by atoms with Gasteiger partial charge in [-0.05, 0) is 51.5 Å². The molecular weight excluding hydrogens is 286 g/mol. The molecule has 0 bridgehead atoms. The molecule has 0 saturated heterocycles. The van der Waals surface area contributed by atoms with E-state index in [0.29, 0.717) is 4.99 Å². The van der Waals surface area contributed by atoms with Gasteiger partial charge in [0.1, 0.15) is 4.99 Å². The van der Waals surface area contributed by atoms with Gasteiger partial charge in [0.2, 0.25) is 0 Å². The number of nitrogens with two attached hydrogens (primary N) is 1. The maximum Gasteiger partial charge on any atom is 0.104 e. The highest BCUT2D eigenvalue weighted by atomic mass is 32.1. The average molecular weight is 305 g/mol. The van der Waals surface area contributed by atoms with Gasteiger partial charge in [0.05, 0.1) is 16.7 Å². The van der Waals surface area contributed by atoms with Crippen LogP contribution in [0.3, 0.4) is 0 Å². The number of hydrogen-bond acceptors (Lipinski definition) is 4. The van der Waals surface area contributed by atoms with Crippen LogP contribution in [0.15, 0.2) is 18.2 Å². The Labute approximate surface area is 129 Å². The minimum absolute atomic E-state index is 0.233. The van der Waals surface area contributed by atoms with Crippen molar-refractivity contribution >= 4 is 34.2 Å². The molecule has 2 aromatic rings. The van der Waals surface area contributed by atoms with Crippen molar-refractivity contribution in [2.24, 2.45) is 5.73 Å². The predicted molar refractivity (Wildman–Crippen MR) is 90.7 cm³/mol. The van der Waals surface area contributed by atoms with Crippen molar-refractivity contribution in [1.82, 2.24) is 4.98 Å². The molecule has 2 rings (SSSR count). The van der Waals surface area contributed by atoms with Crippen molar-refractivity contribution < 1.29 is 0 Å². The molecule has 0 aliphatic carbocycles. The summed E-state index contributed by atoms with van der Waals surface area (Å²) >= 11 is 6.77. The van der Waals surface area contributed by atoms with Crippen molar-refractivity contribution in [3.63, 3.8) is 0 Å². The molecule has 1 heterocycles. The molecule has 3 nitrogen and oxygen atoms in total. The van der Waals surface area contributed by atoms with Crippen LogP contribution in [0.4, 0.5) is 5.69 Å². The normalized spacial score (nSPS) is 12.2. The Morgan fingerprint density at radius 2 is 2.05 bits per heavy atom. The highest BCUT2D eigenvalue weighted by Gasteiger charge is 2.13. The molecule has 0 amide bonds. The second kappa shape index (κ2) is 5.89. The van der Waals surface area contributed by atoms with Crippen molar-refractivity contribution in [3.8, 4) is 0 Å². The third-order valence-electron chi connectivity index (χ3n) is 3.21. The van der Waals surface area contributed by atoms with E-state index in [-0.39, 0.29) is 6.04 Å². The lowest BCUT2D eigenvalue weighted by Crippen LogP contribution is -2.12. The summed E-state index contributed by atoms with van der Waals surface area (Å²) in [6.07, 6.45) is 0. The first-order chi connectivity index (χ1) is 9.38. The van der Waals surface area contributed by atoms with E-state index in [1.54, 1.807) is 11.3 Å². The van der Waals surface area contributed by atoms with E-state index in [4.69, 9.17) is 18.0 Å². The van der Waals surface area contributed by atoms with E-state index in [1.165, 1.54) is 4.88 Å². The van der Waals surface area contributed by atoms with Crippen molar-refractivity contribution in [1.29, 1.82) is 0 Å². The predicted octanol–water partition coefficient (Wildman–Crippen LogP) is 3.88. The Kier molecular flexibility index (Phi) is 4.40. The van der Waals surface area contributed by atoms with Crippen LogP contribution in [0.1, 0.15) is 39.7 Å². The number of rotatable bonds is 4. The summed E-state index contributed by atoms with van der Waals surface area (Å²) in [4.78, 5) is 6.19. The van der Waals surface area contributed by atoms with Crippen LogP contribution < -0.4 is 11.1 Å². The zero-order valence-electron chi connectivity index (χ0n) is 12.2. The standard InChI is InChI=1S/C15H19N3S2/c1-8-7-12(5-6-13(8)15(16)19)18-10(3)14-9(2)17-11(4)20-14/h5-7,10,18H,1-4H3,(H2,16,19). The van der Waals surface area contributed by atoms with Crippen molar-refractivity contribution in [2.45, 2.75) is 33.7 Å². The largest absolute Gasteiger partial charge is 0.389 e. The summed E-state index contributed by atoms with van der Waals surface area (Å²) in [5.41, 5.74) is 9.88. The van der Waals surface area contributed by atoms with Crippen LogP contribution in [0.5, 0.6) is 0 Å². The lowest BCUT2D eigenvalue weighted by Gasteiger charge is -2.16. The summed E-state index contributed by atoms with van der Waals surface area (Å²) < 4.78 is 0. The quantitative estimate of drug-likeness (QED) is 0.842. The van der Waals surface area contributed by atoms with Crippen LogP contribution in [0.25, 0.3) is 0 Å². The number of aryl methyl sites for hydroxylation is 3. The van der Waals surface area contributed by atoms with Gasteiger partial charge in [-0.1, -0.05) is 12.2 Å². The lowest BCUT2D eigenvalue weighted by molar-refractivity contribution is 0.889. The van der Waals surface area contributed by atoms with Gasteiger partial charge in [-0.25, -0.2) is 4.98 Å². The molecule has 1 atom stereocenters. The summed E-state index contributed by atoms with van der Waals surface area (Å²) in [6.45, 7) is 8.26. The molecule has 106 valence electrons. The Balaban J connectivity index is 2.20. The van der Waals surface area contributed by atoms with Gasteiger partial charge in [-0.2, -0.15) is 0 Å². The zero-order chi connectivity index (χ0) is 14.9. The van der Waals surface area contributed by atoms with Gasteiger partial charge in [0, 0.05) is 16.1 Å². The van der Waals surface area contributed by atoms with E-state index in [2.05, 4.69) is 30.2 Å². The molecule has 1 aromatic heterocycles. The van der Waals surface area contributed by atoms with Gasteiger partial charge in [-0.3, -0.25) is 0 Å². The van der Waals surface area contributed by atoms with Gasteiger partial charge in [0.25, 0.3) is 0 Å². The van der Waals surface area contributed by atoms with Gasteiger partial charge in [0.15, 0.2) is 0 Å². The molecule has 1 unspecified atom stereocenters. The fourth-order valence-corrected chi connectivity index (χ4v) is 3.45. The third-order valence-corrected chi connectivity index (χ3v) is 4.68. The molecule has 0 spiro atoms. The Morgan fingerprint density at radius 1 is 1.35 bits per heavy atom. The second-order valence-corrected chi connectivity index (χ2v) is 6.62. The van der Waals surface area contributed by atoms with Gasteiger partial charge in [-0.15, -0.1) is 11.3 Å². The number of thiazole rings is 1. The first-order valence-electron chi connectivity index (χ1n) is 6.49. The highest BCUT2D eigenvalue weighted by Crippen LogP contribution is 2.28. The summed E-state index contributed by atoms with van der Waals surface area (Å²) in [7, 11) is 0. The van der Waals surface area contributed by atoms with E-state index in [0.717, 1.165) is 27.5 Å². The van der Waals surface area contributed by atoms with E-state index in [9.17, 15) is 0 Å². The van der Waals surface area contributed by atoms with Crippen LogP contribution in [-0.4, -0.2) is 9.97 Å². The van der Waals surface area contributed by atoms with Crippen molar-refractivity contribution in [2.75, 3.05) is 5.32 Å². The average Bonchev–Trinajstić information content (AvgIpc) is 2.68. The van der Waals surface area contributed by atoms with E-state index < -0.39 is 0 Å². The molecule has 1 aromatic carbocycles. The summed E-state index contributed by atoms with van der Waals surface area (Å²) in [5, 5.41) is 4.61. The number of aromatic nitrogens is 1. The van der Waals surface area contributed by atoms with Crippen LogP contribution in [-0.2, 0) is 0 Å². The fraction of sp³-hybridized carbons (Fsp3) is 0.333. The first kappa shape index (κ1) is 14.9. The van der Waals surface area contributed by atoms with E-state index in [1.807, 2.05) is 26.0 Å². The third kappa shape index (κ3) is 3.16. The number of hydrogen-bond donors (Lipinski definition) is 2. The molecular formula is C15H19N3S2.